The van der Waals surface area contributed by atoms with Crippen LogP contribution in [0, 0.1) is 0 Å². The quantitative estimate of drug-likeness (QED) is 0.424. The first-order valence-electron chi connectivity index (χ1n) is 9.44. The van der Waals surface area contributed by atoms with Gasteiger partial charge in [-0.15, -0.1) is 11.8 Å². The molecule has 0 aliphatic carbocycles. The molecular weight excluding hydrogens is 462 g/mol. The van der Waals surface area contributed by atoms with Crippen LogP contribution in [0.25, 0.3) is 0 Å². The maximum atomic E-state index is 12.6. The van der Waals surface area contributed by atoms with Crippen molar-refractivity contribution in [2.45, 2.75) is 30.0 Å². The van der Waals surface area contributed by atoms with E-state index in [1.165, 1.54) is 6.92 Å². The molecule has 0 radical (unpaired) electrons. The number of nitrogens with zero attached hydrogens (tertiary/aromatic N) is 1. The second kappa shape index (κ2) is 10.9. The molecule has 1 atom stereocenters. The summed E-state index contributed by atoms with van der Waals surface area (Å²) in [6.45, 7) is 1.45. The van der Waals surface area contributed by atoms with Crippen LogP contribution in [-0.4, -0.2) is 16.8 Å². The highest BCUT2D eigenvalue weighted by molar-refractivity contribution is 9.10. The standard InChI is InChI=1S/C23H22BrN3O2S/c1-16(28)26-22(18-4-6-19(24)7-5-18)13-23(29)27-20-8-10-21(11-9-20)30-15-17-3-2-12-25-14-17/h2-12,14,22H,13,15H2,1H3,(H,26,28)(H,27,29). The Morgan fingerprint density at radius 2 is 1.80 bits per heavy atom. The molecule has 1 heterocycles. The fraction of sp³-hybridized carbons (Fsp3) is 0.174. The van der Waals surface area contributed by atoms with E-state index in [1.54, 1.807) is 18.0 Å². The highest BCUT2D eigenvalue weighted by Crippen LogP contribution is 2.25. The SMILES string of the molecule is CC(=O)NC(CC(=O)Nc1ccc(SCc2cccnc2)cc1)c1ccc(Br)cc1. The lowest BCUT2D eigenvalue weighted by atomic mass is 10.0. The van der Waals surface area contributed by atoms with E-state index >= 15 is 0 Å². The summed E-state index contributed by atoms with van der Waals surface area (Å²) in [7, 11) is 0. The van der Waals surface area contributed by atoms with Gasteiger partial charge in [0.05, 0.1) is 12.5 Å². The van der Waals surface area contributed by atoms with Gasteiger partial charge in [0.15, 0.2) is 0 Å². The molecule has 30 heavy (non-hydrogen) atoms. The molecule has 7 heteroatoms. The lowest BCUT2D eigenvalue weighted by molar-refractivity contribution is -0.120. The summed E-state index contributed by atoms with van der Waals surface area (Å²) in [5.74, 6) is 0.503. The molecule has 2 aromatic carbocycles. The molecule has 0 aliphatic heterocycles. The average Bonchev–Trinajstić information content (AvgIpc) is 2.74. The van der Waals surface area contributed by atoms with Crippen molar-refractivity contribution in [3.63, 3.8) is 0 Å². The monoisotopic (exact) mass is 483 g/mol. The van der Waals surface area contributed by atoms with Crippen LogP contribution in [0.5, 0.6) is 0 Å². The second-order valence-electron chi connectivity index (χ2n) is 6.73. The molecule has 3 rings (SSSR count). The Balaban J connectivity index is 1.57. The van der Waals surface area contributed by atoms with Gasteiger partial charge in [-0.2, -0.15) is 0 Å². The van der Waals surface area contributed by atoms with E-state index in [1.807, 2.05) is 66.9 Å². The minimum atomic E-state index is -0.384. The number of aromatic nitrogens is 1. The predicted molar refractivity (Wildman–Crippen MR) is 124 cm³/mol. The molecule has 0 aliphatic rings. The molecule has 3 aromatic rings. The van der Waals surface area contributed by atoms with Gasteiger partial charge in [-0.1, -0.05) is 34.1 Å². The van der Waals surface area contributed by atoms with Crippen LogP contribution in [0.1, 0.15) is 30.5 Å². The Morgan fingerprint density at radius 3 is 2.43 bits per heavy atom. The van der Waals surface area contributed by atoms with E-state index < -0.39 is 0 Å². The topological polar surface area (TPSA) is 71.1 Å². The zero-order valence-electron chi connectivity index (χ0n) is 16.5. The minimum absolute atomic E-state index is 0.152. The van der Waals surface area contributed by atoms with Crippen LogP contribution in [0.2, 0.25) is 0 Å². The van der Waals surface area contributed by atoms with Crippen LogP contribution in [0.4, 0.5) is 5.69 Å². The van der Waals surface area contributed by atoms with E-state index in [0.29, 0.717) is 0 Å². The smallest absolute Gasteiger partial charge is 0.226 e. The summed E-state index contributed by atoms with van der Waals surface area (Å²) in [5.41, 5.74) is 2.77. The number of nitrogens with one attached hydrogen (secondary N) is 2. The summed E-state index contributed by atoms with van der Waals surface area (Å²) in [4.78, 5) is 29.4. The van der Waals surface area contributed by atoms with Crippen molar-refractivity contribution in [3.05, 3.63) is 88.7 Å². The van der Waals surface area contributed by atoms with E-state index in [2.05, 4.69) is 31.5 Å². The molecule has 2 amide bonds. The third kappa shape index (κ3) is 7.00. The van der Waals surface area contributed by atoms with E-state index in [-0.39, 0.29) is 24.3 Å². The molecule has 0 saturated heterocycles. The fourth-order valence-electron chi connectivity index (χ4n) is 2.87. The van der Waals surface area contributed by atoms with Gasteiger partial charge in [0.2, 0.25) is 11.8 Å². The van der Waals surface area contributed by atoms with Gasteiger partial charge in [0.25, 0.3) is 0 Å². The maximum absolute atomic E-state index is 12.6. The fourth-order valence-corrected chi connectivity index (χ4v) is 3.97. The lowest BCUT2D eigenvalue weighted by Gasteiger charge is -2.18. The molecule has 0 spiro atoms. The van der Waals surface area contributed by atoms with Crippen molar-refractivity contribution in [3.8, 4) is 0 Å². The van der Waals surface area contributed by atoms with Crippen molar-refractivity contribution < 1.29 is 9.59 Å². The number of amides is 2. The molecule has 1 aromatic heterocycles. The number of benzene rings is 2. The summed E-state index contributed by atoms with van der Waals surface area (Å²) < 4.78 is 0.943. The molecular formula is C23H22BrN3O2S. The van der Waals surface area contributed by atoms with Crippen molar-refractivity contribution in [1.29, 1.82) is 0 Å². The summed E-state index contributed by atoms with van der Waals surface area (Å²) >= 11 is 5.11. The van der Waals surface area contributed by atoms with E-state index in [0.717, 1.165) is 31.9 Å². The van der Waals surface area contributed by atoms with Crippen molar-refractivity contribution >= 4 is 45.2 Å². The first kappa shape index (κ1) is 22.1. The highest BCUT2D eigenvalue weighted by atomic mass is 79.9. The number of carbonyl (C=O) groups is 2. The summed E-state index contributed by atoms with van der Waals surface area (Å²) in [6.07, 6.45) is 3.77. The minimum Gasteiger partial charge on any atom is -0.349 e. The highest BCUT2D eigenvalue weighted by Gasteiger charge is 2.17. The van der Waals surface area contributed by atoms with Gasteiger partial charge in [-0.25, -0.2) is 0 Å². The molecule has 154 valence electrons. The van der Waals surface area contributed by atoms with Gasteiger partial charge in [-0.3, -0.25) is 14.6 Å². The summed E-state index contributed by atoms with van der Waals surface area (Å²) in [5, 5.41) is 5.76. The van der Waals surface area contributed by atoms with Crippen LogP contribution in [-0.2, 0) is 15.3 Å². The largest absolute Gasteiger partial charge is 0.349 e. The number of hydrogen-bond donors (Lipinski definition) is 2. The Morgan fingerprint density at radius 1 is 1.07 bits per heavy atom. The molecule has 0 bridgehead atoms. The average molecular weight is 484 g/mol. The molecule has 0 fully saturated rings. The van der Waals surface area contributed by atoms with Gasteiger partial charge >= 0.3 is 0 Å². The Labute approximate surface area is 188 Å². The van der Waals surface area contributed by atoms with Gasteiger partial charge in [0, 0.05) is 40.1 Å². The number of pyridine rings is 1. The van der Waals surface area contributed by atoms with Crippen LogP contribution in [0.15, 0.2) is 82.4 Å². The Kier molecular flexibility index (Phi) is 8.04. The van der Waals surface area contributed by atoms with E-state index in [9.17, 15) is 9.59 Å². The number of halogens is 1. The molecule has 2 N–H and O–H groups in total. The lowest BCUT2D eigenvalue weighted by Crippen LogP contribution is -2.29. The molecule has 1 unspecified atom stereocenters. The number of hydrogen-bond acceptors (Lipinski definition) is 4. The number of rotatable bonds is 8. The third-order valence-electron chi connectivity index (χ3n) is 4.31. The van der Waals surface area contributed by atoms with Gasteiger partial charge in [-0.05, 0) is 53.6 Å². The van der Waals surface area contributed by atoms with Crippen LogP contribution in [0.3, 0.4) is 0 Å². The zero-order chi connectivity index (χ0) is 21.3. The van der Waals surface area contributed by atoms with Crippen molar-refractivity contribution in [1.82, 2.24) is 10.3 Å². The van der Waals surface area contributed by atoms with Gasteiger partial charge in [0.1, 0.15) is 0 Å². The molecule has 0 saturated carbocycles. The summed E-state index contributed by atoms with van der Waals surface area (Å²) in [6, 6.07) is 18.9. The Bertz CT molecular complexity index is 980. The Hall–Kier alpha value is -2.64. The first-order chi connectivity index (χ1) is 14.5. The zero-order valence-corrected chi connectivity index (χ0v) is 18.9. The predicted octanol–water partition coefficient (Wildman–Crippen LogP) is 5.34. The van der Waals surface area contributed by atoms with E-state index in [4.69, 9.17) is 0 Å². The number of thioether (sulfide) groups is 1. The first-order valence-corrected chi connectivity index (χ1v) is 11.2. The maximum Gasteiger partial charge on any atom is 0.226 e. The second-order valence-corrected chi connectivity index (χ2v) is 8.70. The number of anilines is 1. The molecule has 5 nitrogen and oxygen atoms in total. The normalized spacial score (nSPS) is 11.5. The third-order valence-corrected chi connectivity index (χ3v) is 5.92. The van der Waals surface area contributed by atoms with Crippen molar-refractivity contribution in [2.75, 3.05) is 5.32 Å². The van der Waals surface area contributed by atoms with Crippen LogP contribution >= 0.6 is 27.7 Å². The van der Waals surface area contributed by atoms with Crippen LogP contribution < -0.4 is 10.6 Å². The van der Waals surface area contributed by atoms with Crippen molar-refractivity contribution in [2.24, 2.45) is 0 Å². The van der Waals surface area contributed by atoms with Gasteiger partial charge < -0.3 is 10.6 Å². The number of carbonyl (C=O) groups excluding carboxylic acids is 2.